The summed E-state index contributed by atoms with van der Waals surface area (Å²) in [4.78, 5) is 28.2. The molecule has 160 valence electrons. The predicted molar refractivity (Wildman–Crippen MR) is 116 cm³/mol. The number of unbranched alkanes of at least 4 members (excludes halogenated alkanes) is 1. The number of aromatic nitrogens is 1. The van der Waals surface area contributed by atoms with Crippen molar-refractivity contribution in [3.05, 3.63) is 41.6 Å². The molecule has 1 aromatic heterocycles. The molecule has 0 spiro atoms. The van der Waals surface area contributed by atoms with Crippen LogP contribution in [-0.2, 0) is 9.53 Å². The third-order valence-electron chi connectivity index (χ3n) is 4.85. The number of ether oxygens (including phenoxy) is 2. The summed E-state index contributed by atoms with van der Waals surface area (Å²) in [6.07, 6.45) is 6.83. The van der Waals surface area contributed by atoms with Crippen molar-refractivity contribution < 1.29 is 19.1 Å². The van der Waals surface area contributed by atoms with Gasteiger partial charge in [-0.3, -0.25) is 10.1 Å². The van der Waals surface area contributed by atoms with E-state index in [1.807, 2.05) is 6.92 Å². The maximum absolute atomic E-state index is 12.3. The maximum atomic E-state index is 12.3. The van der Waals surface area contributed by atoms with E-state index in [0.717, 1.165) is 38.5 Å². The number of halogens is 1. The van der Waals surface area contributed by atoms with Gasteiger partial charge in [-0.05, 0) is 43.5 Å². The van der Waals surface area contributed by atoms with Gasteiger partial charge < -0.3 is 14.8 Å². The molecule has 7 nitrogen and oxygen atoms in total. The van der Waals surface area contributed by atoms with Crippen molar-refractivity contribution in [2.75, 3.05) is 17.2 Å². The van der Waals surface area contributed by atoms with Gasteiger partial charge in [0, 0.05) is 23.9 Å². The van der Waals surface area contributed by atoms with Crippen LogP contribution in [-0.4, -0.2) is 23.6 Å². The second kappa shape index (κ2) is 10.8. The number of hydrogen-bond donors (Lipinski definition) is 2. The van der Waals surface area contributed by atoms with Crippen molar-refractivity contribution >= 4 is 35.1 Å². The number of pyridine rings is 1. The fourth-order valence-electron chi connectivity index (χ4n) is 3.21. The van der Waals surface area contributed by atoms with Crippen LogP contribution >= 0.6 is 11.6 Å². The first-order valence-corrected chi connectivity index (χ1v) is 10.6. The Hall–Kier alpha value is -2.80. The minimum Gasteiger partial charge on any atom is -0.456 e. The van der Waals surface area contributed by atoms with Crippen LogP contribution in [0.1, 0.15) is 45.4 Å². The second-order valence-electron chi connectivity index (χ2n) is 7.21. The van der Waals surface area contributed by atoms with Gasteiger partial charge in [0.15, 0.2) is 0 Å². The highest BCUT2D eigenvalue weighted by atomic mass is 35.5. The van der Waals surface area contributed by atoms with Gasteiger partial charge in [-0.1, -0.05) is 37.8 Å². The largest absolute Gasteiger partial charge is 0.456 e. The van der Waals surface area contributed by atoms with Crippen molar-refractivity contribution in [1.29, 1.82) is 0 Å². The zero-order valence-corrected chi connectivity index (χ0v) is 17.7. The Labute approximate surface area is 181 Å². The second-order valence-corrected chi connectivity index (χ2v) is 7.62. The van der Waals surface area contributed by atoms with Gasteiger partial charge in [0.1, 0.15) is 17.3 Å². The molecule has 1 fully saturated rings. The molecule has 30 heavy (non-hydrogen) atoms. The van der Waals surface area contributed by atoms with Crippen molar-refractivity contribution in [3.63, 3.8) is 0 Å². The summed E-state index contributed by atoms with van der Waals surface area (Å²) in [6.45, 7) is 2.40. The normalized spacial score (nSPS) is 13.7. The summed E-state index contributed by atoms with van der Waals surface area (Å²) in [5.74, 6) is 1.40. The van der Waals surface area contributed by atoms with Crippen molar-refractivity contribution in [2.24, 2.45) is 5.92 Å². The first kappa shape index (κ1) is 21.9. The lowest BCUT2D eigenvalue weighted by Crippen LogP contribution is -2.20. The summed E-state index contributed by atoms with van der Waals surface area (Å²) in [5, 5.41) is 5.81. The van der Waals surface area contributed by atoms with Gasteiger partial charge in [0.2, 0.25) is 5.91 Å². The molecule has 2 aromatic rings. The lowest BCUT2D eigenvalue weighted by atomic mass is 10.1. The lowest BCUT2D eigenvalue weighted by molar-refractivity contribution is -0.119. The Balaban J connectivity index is 1.59. The predicted octanol–water partition coefficient (Wildman–Crippen LogP) is 6.00. The summed E-state index contributed by atoms with van der Waals surface area (Å²) >= 11 is 6.30. The van der Waals surface area contributed by atoms with E-state index in [-0.39, 0.29) is 11.8 Å². The highest BCUT2D eigenvalue weighted by Crippen LogP contribution is 2.32. The fraction of sp³-hybridized carbons (Fsp3) is 0.409. The molecule has 3 rings (SSSR count). The summed E-state index contributed by atoms with van der Waals surface area (Å²) < 4.78 is 10.9. The average Bonchev–Trinajstić information content (AvgIpc) is 3.26. The van der Waals surface area contributed by atoms with E-state index < -0.39 is 6.09 Å². The number of hydrogen-bond acceptors (Lipinski definition) is 5. The first-order valence-electron chi connectivity index (χ1n) is 10.2. The molecule has 8 heteroatoms. The van der Waals surface area contributed by atoms with Crippen LogP contribution < -0.4 is 15.4 Å². The van der Waals surface area contributed by atoms with E-state index in [0.29, 0.717) is 34.6 Å². The van der Waals surface area contributed by atoms with E-state index in [1.165, 1.54) is 0 Å². The van der Waals surface area contributed by atoms with Crippen molar-refractivity contribution in [1.82, 2.24) is 4.98 Å². The molecule has 0 bridgehead atoms. The van der Waals surface area contributed by atoms with E-state index >= 15 is 0 Å². The summed E-state index contributed by atoms with van der Waals surface area (Å²) in [7, 11) is 0. The maximum Gasteiger partial charge on any atom is 0.411 e. The van der Waals surface area contributed by atoms with Gasteiger partial charge in [0.05, 0.1) is 11.6 Å². The number of carbonyl (C=O) groups excluding carboxylic acids is 2. The number of nitrogens with one attached hydrogen (secondary N) is 2. The standard InChI is InChI=1S/C22H26ClN3O4/c1-2-3-12-29-22(28)25-16-8-9-19(18(23)13-16)30-17-10-11-24-20(14-17)26-21(27)15-6-4-5-7-15/h8-11,13-15H,2-7,12H2,1H3,(H,25,28)(H,24,26,27). The SMILES string of the molecule is CCCCOC(=O)Nc1ccc(Oc2ccnc(NC(=O)C3CCCC3)c2)c(Cl)c1. The van der Waals surface area contributed by atoms with E-state index in [2.05, 4.69) is 15.6 Å². The zero-order valence-electron chi connectivity index (χ0n) is 16.9. The van der Waals surface area contributed by atoms with E-state index in [4.69, 9.17) is 21.1 Å². The molecular formula is C22H26ClN3O4. The Morgan fingerprint density at radius 3 is 2.70 bits per heavy atom. The molecule has 2 amide bonds. The van der Waals surface area contributed by atoms with Crippen LogP contribution in [0.2, 0.25) is 5.02 Å². The smallest absolute Gasteiger partial charge is 0.411 e. The van der Waals surface area contributed by atoms with Crippen molar-refractivity contribution in [2.45, 2.75) is 45.4 Å². The first-order chi connectivity index (χ1) is 14.5. The van der Waals surface area contributed by atoms with Crippen LogP contribution in [0, 0.1) is 5.92 Å². The third-order valence-corrected chi connectivity index (χ3v) is 5.14. The van der Waals surface area contributed by atoms with Crippen LogP contribution in [0.3, 0.4) is 0 Å². The zero-order chi connectivity index (χ0) is 21.3. The number of anilines is 2. The van der Waals surface area contributed by atoms with Gasteiger partial charge in [0.25, 0.3) is 0 Å². The van der Waals surface area contributed by atoms with Crippen LogP contribution in [0.25, 0.3) is 0 Å². The quantitative estimate of drug-likeness (QED) is 0.500. The molecule has 1 aromatic carbocycles. The van der Waals surface area contributed by atoms with Crippen molar-refractivity contribution in [3.8, 4) is 11.5 Å². The molecule has 0 unspecified atom stereocenters. The molecule has 1 saturated carbocycles. The Kier molecular flexibility index (Phi) is 7.90. The molecule has 0 aliphatic heterocycles. The molecule has 1 aliphatic rings. The monoisotopic (exact) mass is 431 g/mol. The summed E-state index contributed by atoms with van der Waals surface area (Å²) in [6, 6.07) is 8.24. The molecule has 0 saturated heterocycles. The van der Waals surface area contributed by atoms with Crippen LogP contribution in [0.4, 0.5) is 16.3 Å². The highest BCUT2D eigenvalue weighted by molar-refractivity contribution is 6.32. The molecule has 0 atom stereocenters. The minimum atomic E-state index is -0.523. The molecule has 1 heterocycles. The van der Waals surface area contributed by atoms with Gasteiger partial charge in [-0.15, -0.1) is 0 Å². The highest BCUT2D eigenvalue weighted by Gasteiger charge is 2.23. The minimum absolute atomic E-state index is 0.00330. The lowest BCUT2D eigenvalue weighted by Gasteiger charge is -2.12. The molecular weight excluding hydrogens is 406 g/mol. The summed E-state index contributed by atoms with van der Waals surface area (Å²) in [5.41, 5.74) is 0.507. The van der Waals surface area contributed by atoms with Crippen LogP contribution in [0.5, 0.6) is 11.5 Å². The molecule has 2 N–H and O–H groups in total. The van der Waals surface area contributed by atoms with Gasteiger partial charge in [-0.25, -0.2) is 9.78 Å². The number of carbonyl (C=O) groups is 2. The van der Waals surface area contributed by atoms with Crippen LogP contribution in [0.15, 0.2) is 36.5 Å². The molecule has 1 aliphatic carbocycles. The van der Waals surface area contributed by atoms with E-state index in [1.54, 1.807) is 36.5 Å². The Morgan fingerprint density at radius 1 is 1.17 bits per heavy atom. The number of benzene rings is 1. The third kappa shape index (κ3) is 6.35. The Morgan fingerprint density at radius 2 is 1.97 bits per heavy atom. The van der Waals surface area contributed by atoms with Gasteiger partial charge >= 0.3 is 6.09 Å². The number of nitrogens with zero attached hydrogens (tertiary/aromatic N) is 1. The number of rotatable bonds is 8. The van der Waals surface area contributed by atoms with Gasteiger partial charge in [-0.2, -0.15) is 0 Å². The average molecular weight is 432 g/mol. The fourth-order valence-corrected chi connectivity index (χ4v) is 3.43. The Bertz CT molecular complexity index is 884. The van der Waals surface area contributed by atoms with E-state index in [9.17, 15) is 9.59 Å². The number of amides is 2. The topological polar surface area (TPSA) is 89.6 Å². The molecule has 0 radical (unpaired) electrons.